The number of aliphatic carboxylic acids is 1. The molecule has 0 atom stereocenters. The summed E-state index contributed by atoms with van der Waals surface area (Å²) >= 11 is 0. The number of carboxylic acid groups (broad SMARTS) is 1. The van der Waals surface area contributed by atoms with Crippen molar-refractivity contribution in [3.8, 4) is 0 Å². The maximum Gasteiger partial charge on any atom is 0.348 e. The summed E-state index contributed by atoms with van der Waals surface area (Å²) in [4.78, 5) is 24.9. The first kappa shape index (κ1) is 15.9. The highest BCUT2D eigenvalue weighted by molar-refractivity contribution is 5.82. The zero-order chi connectivity index (χ0) is 14.3. The summed E-state index contributed by atoms with van der Waals surface area (Å²) in [5.41, 5.74) is -1.34. The molecule has 6 heteroatoms. The molecule has 1 fully saturated rings. The van der Waals surface area contributed by atoms with Gasteiger partial charge in [-0.25, -0.2) is 4.79 Å². The van der Waals surface area contributed by atoms with E-state index in [1.165, 1.54) is 0 Å². The van der Waals surface area contributed by atoms with Crippen LogP contribution in [0.25, 0.3) is 0 Å². The van der Waals surface area contributed by atoms with Crippen molar-refractivity contribution in [2.24, 2.45) is 0 Å². The molecule has 1 N–H and O–H groups in total. The summed E-state index contributed by atoms with van der Waals surface area (Å²) in [6, 6.07) is 0. The van der Waals surface area contributed by atoms with Gasteiger partial charge in [0.2, 0.25) is 5.60 Å². The van der Waals surface area contributed by atoms with Gasteiger partial charge in [0.15, 0.2) is 0 Å². The van der Waals surface area contributed by atoms with Crippen molar-refractivity contribution in [1.82, 2.24) is 4.90 Å². The standard InChI is InChI=1S/C13H23NO5/c1-3-11(15)19-13(12(16)17)5-7-14(8-6-13)9-10-18-4-2/h3-10H2,1-2H3,(H,16,17). The van der Waals surface area contributed by atoms with E-state index in [2.05, 4.69) is 4.90 Å². The van der Waals surface area contributed by atoms with Crippen molar-refractivity contribution in [3.05, 3.63) is 0 Å². The zero-order valence-corrected chi connectivity index (χ0v) is 11.7. The van der Waals surface area contributed by atoms with Crippen molar-refractivity contribution < 1.29 is 24.2 Å². The minimum atomic E-state index is -1.34. The van der Waals surface area contributed by atoms with Crippen LogP contribution in [0.15, 0.2) is 0 Å². The Morgan fingerprint density at radius 2 is 1.89 bits per heavy atom. The lowest BCUT2D eigenvalue weighted by Crippen LogP contribution is -2.52. The molecule has 1 saturated heterocycles. The lowest BCUT2D eigenvalue weighted by molar-refractivity contribution is -0.184. The molecule has 0 aromatic carbocycles. The van der Waals surface area contributed by atoms with Crippen LogP contribution in [0.5, 0.6) is 0 Å². The molecular formula is C13H23NO5. The fraction of sp³-hybridized carbons (Fsp3) is 0.846. The Morgan fingerprint density at radius 1 is 1.26 bits per heavy atom. The van der Waals surface area contributed by atoms with Crippen molar-refractivity contribution in [2.75, 3.05) is 32.8 Å². The highest BCUT2D eigenvalue weighted by Crippen LogP contribution is 2.27. The van der Waals surface area contributed by atoms with Crippen LogP contribution in [0, 0.1) is 0 Å². The predicted molar refractivity (Wildman–Crippen MR) is 68.9 cm³/mol. The number of likely N-dealkylation sites (tertiary alicyclic amines) is 1. The van der Waals surface area contributed by atoms with Crippen molar-refractivity contribution in [2.45, 2.75) is 38.7 Å². The average molecular weight is 273 g/mol. The molecule has 0 aromatic heterocycles. The third-order valence-corrected chi connectivity index (χ3v) is 3.41. The third kappa shape index (κ3) is 4.47. The second-order valence-electron chi connectivity index (χ2n) is 4.67. The highest BCUT2D eigenvalue weighted by Gasteiger charge is 2.44. The van der Waals surface area contributed by atoms with Gasteiger partial charge in [0, 0.05) is 45.5 Å². The summed E-state index contributed by atoms with van der Waals surface area (Å²) in [6.45, 7) is 6.93. The van der Waals surface area contributed by atoms with Crippen LogP contribution in [-0.4, -0.2) is 60.4 Å². The molecule has 19 heavy (non-hydrogen) atoms. The van der Waals surface area contributed by atoms with Gasteiger partial charge >= 0.3 is 11.9 Å². The number of piperidine rings is 1. The van der Waals surface area contributed by atoms with Crippen LogP contribution < -0.4 is 0 Å². The Hall–Kier alpha value is -1.14. The number of ether oxygens (including phenoxy) is 2. The molecule has 1 heterocycles. The normalized spacial score (nSPS) is 19.1. The van der Waals surface area contributed by atoms with E-state index in [-0.39, 0.29) is 6.42 Å². The van der Waals surface area contributed by atoms with Gasteiger partial charge < -0.3 is 19.5 Å². The molecule has 0 bridgehead atoms. The van der Waals surface area contributed by atoms with Crippen molar-refractivity contribution in [3.63, 3.8) is 0 Å². The summed E-state index contributed by atoms with van der Waals surface area (Å²) in [5, 5.41) is 9.31. The minimum Gasteiger partial charge on any atom is -0.478 e. The van der Waals surface area contributed by atoms with E-state index in [1.807, 2.05) is 6.92 Å². The second kappa shape index (κ2) is 7.45. The molecule has 1 rings (SSSR count). The fourth-order valence-electron chi connectivity index (χ4n) is 2.13. The molecular weight excluding hydrogens is 250 g/mol. The molecule has 0 aliphatic carbocycles. The number of rotatable bonds is 7. The molecule has 110 valence electrons. The van der Waals surface area contributed by atoms with Gasteiger partial charge in [-0.2, -0.15) is 0 Å². The van der Waals surface area contributed by atoms with Gasteiger partial charge in [0.1, 0.15) is 0 Å². The van der Waals surface area contributed by atoms with Gasteiger partial charge in [-0.1, -0.05) is 6.92 Å². The molecule has 0 unspecified atom stereocenters. The molecule has 0 aromatic rings. The monoisotopic (exact) mass is 273 g/mol. The third-order valence-electron chi connectivity index (χ3n) is 3.41. The molecule has 6 nitrogen and oxygen atoms in total. The first-order chi connectivity index (χ1) is 9.04. The molecule has 0 radical (unpaired) electrons. The van der Waals surface area contributed by atoms with E-state index in [0.717, 1.165) is 6.54 Å². The van der Waals surface area contributed by atoms with Gasteiger partial charge in [-0.05, 0) is 6.92 Å². The summed E-state index contributed by atoms with van der Waals surface area (Å²) in [7, 11) is 0. The average Bonchev–Trinajstić information content (AvgIpc) is 2.40. The van der Waals surface area contributed by atoms with Crippen LogP contribution in [0.1, 0.15) is 33.1 Å². The van der Waals surface area contributed by atoms with Gasteiger partial charge in [0.05, 0.1) is 6.61 Å². The quantitative estimate of drug-likeness (QED) is 0.548. The number of carboxylic acids is 1. The Balaban J connectivity index is 2.50. The van der Waals surface area contributed by atoms with Gasteiger partial charge in [-0.15, -0.1) is 0 Å². The van der Waals surface area contributed by atoms with Crippen LogP contribution in [-0.2, 0) is 19.1 Å². The molecule has 0 spiro atoms. The molecule has 1 aliphatic rings. The maximum atomic E-state index is 11.4. The lowest BCUT2D eigenvalue weighted by Gasteiger charge is -2.38. The van der Waals surface area contributed by atoms with Gasteiger partial charge in [0.25, 0.3) is 0 Å². The summed E-state index contributed by atoms with van der Waals surface area (Å²) in [5.74, 6) is -1.50. The topological polar surface area (TPSA) is 76.1 Å². The minimum absolute atomic E-state index is 0.198. The number of hydrogen-bond acceptors (Lipinski definition) is 5. The lowest BCUT2D eigenvalue weighted by atomic mass is 9.91. The Morgan fingerprint density at radius 3 is 2.37 bits per heavy atom. The molecule has 1 aliphatic heterocycles. The first-order valence-corrected chi connectivity index (χ1v) is 6.79. The largest absolute Gasteiger partial charge is 0.478 e. The Bertz CT molecular complexity index is 310. The second-order valence-corrected chi connectivity index (χ2v) is 4.67. The van der Waals surface area contributed by atoms with E-state index in [4.69, 9.17) is 9.47 Å². The Labute approximate surface area is 113 Å². The molecule has 0 amide bonds. The highest BCUT2D eigenvalue weighted by atomic mass is 16.6. The summed E-state index contributed by atoms with van der Waals surface area (Å²) < 4.78 is 10.4. The van der Waals surface area contributed by atoms with E-state index in [1.54, 1.807) is 6.92 Å². The van der Waals surface area contributed by atoms with Crippen molar-refractivity contribution >= 4 is 11.9 Å². The summed E-state index contributed by atoms with van der Waals surface area (Å²) in [6.07, 6.45) is 0.865. The molecule has 0 saturated carbocycles. The van der Waals surface area contributed by atoms with Crippen LogP contribution in [0.4, 0.5) is 0 Å². The van der Waals surface area contributed by atoms with Gasteiger partial charge in [-0.3, -0.25) is 4.79 Å². The maximum absolute atomic E-state index is 11.4. The van der Waals surface area contributed by atoms with E-state index in [9.17, 15) is 14.7 Å². The number of nitrogens with zero attached hydrogens (tertiary/aromatic N) is 1. The van der Waals surface area contributed by atoms with E-state index < -0.39 is 17.5 Å². The number of carbonyl (C=O) groups excluding carboxylic acids is 1. The zero-order valence-electron chi connectivity index (χ0n) is 11.7. The first-order valence-electron chi connectivity index (χ1n) is 6.79. The van der Waals surface area contributed by atoms with Crippen molar-refractivity contribution in [1.29, 1.82) is 0 Å². The van der Waals surface area contributed by atoms with Crippen LogP contribution in [0.2, 0.25) is 0 Å². The van der Waals surface area contributed by atoms with E-state index >= 15 is 0 Å². The smallest absolute Gasteiger partial charge is 0.348 e. The number of carbonyl (C=O) groups is 2. The van der Waals surface area contributed by atoms with Crippen LogP contribution in [0.3, 0.4) is 0 Å². The number of hydrogen-bond donors (Lipinski definition) is 1. The van der Waals surface area contributed by atoms with Crippen LogP contribution >= 0.6 is 0 Å². The van der Waals surface area contributed by atoms with E-state index in [0.29, 0.717) is 39.1 Å². The number of esters is 1. The Kier molecular flexibility index (Phi) is 6.24. The fourth-order valence-corrected chi connectivity index (χ4v) is 2.13. The predicted octanol–water partition coefficient (Wildman–Crippen LogP) is 0.895. The SMILES string of the molecule is CCOCCN1CCC(OC(=O)CC)(C(=O)O)CC1.